The molecule has 2 atom stereocenters. The Hall–Kier alpha value is -1.85. The zero-order valence-electron chi connectivity index (χ0n) is 10.9. The molecule has 6 nitrogen and oxygen atoms in total. The van der Waals surface area contributed by atoms with Crippen LogP contribution >= 0.6 is 0 Å². The molecule has 0 aromatic carbocycles. The van der Waals surface area contributed by atoms with E-state index in [0.29, 0.717) is 19.0 Å². The van der Waals surface area contributed by atoms with Crippen molar-refractivity contribution in [3.63, 3.8) is 0 Å². The zero-order valence-corrected chi connectivity index (χ0v) is 10.9. The van der Waals surface area contributed by atoms with Crippen molar-refractivity contribution >= 4 is 12.0 Å². The molecule has 1 saturated heterocycles. The summed E-state index contributed by atoms with van der Waals surface area (Å²) < 4.78 is 0. The molecule has 0 aliphatic carbocycles. The molecule has 1 fully saturated rings. The minimum absolute atomic E-state index is 0.0764. The summed E-state index contributed by atoms with van der Waals surface area (Å²) in [4.78, 5) is 23.2. The van der Waals surface area contributed by atoms with Crippen LogP contribution in [0.1, 0.15) is 19.4 Å². The van der Waals surface area contributed by atoms with Crippen molar-refractivity contribution in [1.29, 1.82) is 0 Å². The highest BCUT2D eigenvalue weighted by Gasteiger charge is 2.33. The molecule has 2 heterocycles. The third-order valence-corrected chi connectivity index (χ3v) is 3.19. The molecule has 1 N–H and O–H groups in total. The molecule has 6 heteroatoms. The Labute approximate surface area is 106 Å². The lowest BCUT2D eigenvalue weighted by Crippen LogP contribution is -2.58. The molecule has 18 heavy (non-hydrogen) atoms. The highest BCUT2D eigenvalue weighted by Crippen LogP contribution is 2.20. The fourth-order valence-corrected chi connectivity index (χ4v) is 2.39. The number of carbonyl (C=O) groups is 1. The van der Waals surface area contributed by atoms with Gasteiger partial charge in [0, 0.05) is 37.6 Å². The van der Waals surface area contributed by atoms with Crippen molar-refractivity contribution in [3.8, 4) is 0 Å². The SMILES string of the molecule is Cc1cnc(N2C(C)CN(C(=O)O)CC2C)nc1. The predicted molar refractivity (Wildman–Crippen MR) is 67.8 cm³/mol. The number of hydrogen-bond donors (Lipinski definition) is 1. The van der Waals surface area contributed by atoms with Gasteiger partial charge in [-0.2, -0.15) is 0 Å². The van der Waals surface area contributed by atoms with E-state index in [1.54, 1.807) is 12.4 Å². The first-order valence-electron chi connectivity index (χ1n) is 6.04. The molecule has 2 rings (SSSR count). The van der Waals surface area contributed by atoms with Crippen molar-refractivity contribution in [1.82, 2.24) is 14.9 Å². The number of anilines is 1. The molecule has 2 unspecified atom stereocenters. The van der Waals surface area contributed by atoms with Gasteiger partial charge in [0.1, 0.15) is 0 Å². The van der Waals surface area contributed by atoms with E-state index in [1.807, 2.05) is 20.8 Å². The first-order chi connectivity index (χ1) is 8.49. The van der Waals surface area contributed by atoms with Gasteiger partial charge in [0.15, 0.2) is 0 Å². The number of rotatable bonds is 1. The maximum absolute atomic E-state index is 11.0. The average Bonchev–Trinajstić information content (AvgIpc) is 2.30. The van der Waals surface area contributed by atoms with Gasteiger partial charge in [-0.3, -0.25) is 0 Å². The second-order valence-corrected chi connectivity index (χ2v) is 4.85. The fourth-order valence-electron chi connectivity index (χ4n) is 2.39. The van der Waals surface area contributed by atoms with Crippen LogP contribution in [0.3, 0.4) is 0 Å². The highest BCUT2D eigenvalue weighted by atomic mass is 16.4. The number of aromatic nitrogens is 2. The molecule has 1 aliphatic rings. The maximum atomic E-state index is 11.0. The van der Waals surface area contributed by atoms with Crippen LogP contribution in [-0.4, -0.2) is 51.2 Å². The van der Waals surface area contributed by atoms with E-state index < -0.39 is 6.09 Å². The van der Waals surface area contributed by atoms with Gasteiger partial charge in [0.05, 0.1) is 0 Å². The number of amides is 1. The van der Waals surface area contributed by atoms with Crippen LogP contribution in [0.2, 0.25) is 0 Å². The Morgan fingerprint density at radius 2 is 1.78 bits per heavy atom. The first-order valence-corrected chi connectivity index (χ1v) is 6.04. The minimum atomic E-state index is -0.863. The fraction of sp³-hybridized carbons (Fsp3) is 0.583. The van der Waals surface area contributed by atoms with E-state index in [2.05, 4.69) is 14.9 Å². The van der Waals surface area contributed by atoms with E-state index >= 15 is 0 Å². The second kappa shape index (κ2) is 4.80. The molecule has 1 aromatic rings. The van der Waals surface area contributed by atoms with Crippen molar-refractivity contribution < 1.29 is 9.90 Å². The summed E-state index contributed by atoms with van der Waals surface area (Å²) in [5, 5.41) is 9.04. The predicted octanol–water partition coefficient (Wildman–Crippen LogP) is 1.36. The lowest BCUT2D eigenvalue weighted by atomic mass is 10.1. The number of carboxylic acid groups (broad SMARTS) is 1. The number of hydrogen-bond acceptors (Lipinski definition) is 4. The molecule has 1 aliphatic heterocycles. The summed E-state index contributed by atoms with van der Waals surface area (Å²) >= 11 is 0. The van der Waals surface area contributed by atoms with Crippen LogP contribution in [0, 0.1) is 6.92 Å². The van der Waals surface area contributed by atoms with Gasteiger partial charge in [-0.05, 0) is 26.3 Å². The number of nitrogens with zero attached hydrogens (tertiary/aromatic N) is 4. The molecule has 98 valence electrons. The standard InChI is InChI=1S/C12H18N4O2/c1-8-4-13-11(14-5-8)16-9(2)6-15(12(17)18)7-10(16)3/h4-5,9-10H,6-7H2,1-3H3,(H,17,18). The van der Waals surface area contributed by atoms with Crippen LogP contribution in [0.4, 0.5) is 10.7 Å². The van der Waals surface area contributed by atoms with E-state index in [-0.39, 0.29) is 12.1 Å². The van der Waals surface area contributed by atoms with Crippen molar-refractivity contribution in [2.75, 3.05) is 18.0 Å². The Morgan fingerprint density at radius 3 is 2.22 bits per heavy atom. The maximum Gasteiger partial charge on any atom is 0.407 e. The average molecular weight is 250 g/mol. The van der Waals surface area contributed by atoms with Crippen LogP contribution in [0.5, 0.6) is 0 Å². The summed E-state index contributed by atoms with van der Waals surface area (Å²) in [5.41, 5.74) is 1.02. The third kappa shape index (κ3) is 2.37. The molecule has 0 spiro atoms. The highest BCUT2D eigenvalue weighted by molar-refractivity contribution is 5.65. The summed E-state index contributed by atoms with van der Waals surface area (Å²) in [6.45, 7) is 6.90. The normalized spacial score (nSPS) is 24.2. The summed E-state index contributed by atoms with van der Waals surface area (Å²) in [6.07, 6.45) is 2.70. The summed E-state index contributed by atoms with van der Waals surface area (Å²) in [6, 6.07) is 0.153. The monoisotopic (exact) mass is 250 g/mol. The molecule has 0 saturated carbocycles. The number of aryl methyl sites for hydroxylation is 1. The Balaban J connectivity index is 2.19. The van der Waals surface area contributed by atoms with E-state index in [0.717, 1.165) is 5.56 Å². The topological polar surface area (TPSA) is 69.6 Å². The van der Waals surface area contributed by atoms with Gasteiger partial charge in [0.2, 0.25) is 5.95 Å². The smallest absolute Gasteiger partial charge is 0.407 e. The largest absolute Gasteiger partial charge is 0.465 e. The van der Waals surface area contributed by atoms with Gasteiger partial charge < -0.3 is 14.9 Å². The van der Waals surface area contributed by atoms with E-state index in [1.165, 1.54) is 4.90 Å². The second-order valence-electron chi connectivity index (χ2n) is 4.85. The third-order valence-electron chi connectivity index (χ3n) is 3.19. The first kappa shape index (κ1) is 12.6. The Morgan fingerprint density at radius 1 is 1.28 bits per heavy atom. The lowest BCUT2D eigenvalue weighted by Gasteiger charge is -2.43. The Kier molecular flexibility index (Phi) is 3.36. The minimum Gasteiger partial charge on any atom is -0.465 e. The van der Waals surface area contributed by atoms with Crippen molar-refractivity contribution in [2.45, 2.75) is 32.9 Å². The van der Waals surface area contributed by atoms with Gasteiger partial charge in [-0.1, -0.05) is 0 Å². The van der Waals surface area contributed by atoms with Crippen LogP contribution in [0.25, 0.3) is 0 Å². The quantitative estimate of drug-likeness (QED) is 0.815. The van der Waals surface area contributed by atoms with Gasteiger partial charge in [-0.15, -0.1) is 0 Å². The van der Waals surface area contributed by atoms with Crippen molar-refractivity contribution in [3.05, 3.63) is 18.0 Å². The lowest BCUT2D eigenvalue weighted by molar-refractivity contribution is 0.128. The molecule has 1 aromatic heterocycles. The van der Waals surface area contributed by atoms with E-state index in [4.69, 9.17) is 5.11 Å². The number of piperazine rings is 1. The zero-order chi connectivity index (χ0) is 13.3. The molecule has 0 bridgehead atoms. The summed E-state index contributed by atoms with van der Waals surface area (Å²) in [5.74, 6) is 0.672. The van der Waals surface area contributed by atoms with E-state index in [9.17, 15) is 4.79 Å². The van der Waals surface area contributed by atoms with Crippen LogP contribution in [0.15, 0.2) is 12.4 Å². The van der Waals surface area contributed by atoms with Gasteiger partial charge >= 0.3 is 6.09 Å². The van der Waals surface area contributed by atoms with Crippen molar-refractivity contribution in [2.24, 2.45) is 0 Å². The molecular formula is C12H18N4O2. The molecule has 0 radical (unpaired) electrons. The van der Waals surface area contributed by atoms with Gasteiger partial charge in [0.25, 0.3) is 0 Å². The van der Waals surface area contributed by atoms with Crippen LogP contribution in [-0.2, 0) is 0 Å². The summed E-state index contributed by atoms with van der Waals surface area (Å²) in [7, 11) is 0. The van der Waals surface area contributed by atoms with Crippen LogP contribution < -0.4 is 4.90 Å². The molecular weight excluding hydrogens is 232 g/mol. The Bertz CT molecular complexity index is 422. The molecule has 1 amide bonds. The van der Waals surface area contributed by atoms with Gasteiger partial charge in [-0.25, -0.2) is 14.8 Å².